The van der Waals surface area contributed by atoms with Crippen molar-refractivity contribution in [3.63, 3.8) is 0 Å². The van der Waals surface area contributed by atoms with Crippen LogP contribution >= 0.6 is 0 Å². The molecule has 0 aliphatic carbocycles. The van der Waals surface area contributed by atoms with Crippen LogP contribution in [0.4, 0.5) is 10.5 Å². The fourth-order valence-electron chi connectivity index (χ4n) is 4.10. The van der Waals surface area contributed by atoms with Crippen molar-refractivity contribution in [3.05, 3.63) is 81.9 Å². The normalized spacial score (nSPS) is 17.6. The number of nitrogens with zero attached hydrogens (tertiary/aromatic N) is 2. The molecule has 3 N–H and O–H groups in total. The summed E-state index contributed by atoms with van der Waals surface area (Å²) in [5.74, 6) is 0.523. The Labute approximate surface area is 203 Å². The number of ether oxygens (including phenoxy) is 1. The Balaban J connectivity index is 1.29. The molecule has 3 amide bonds. The largest absolute Gasteiger partial charge is 0.372 e. The van der Waals surface area contributed by atoms with E-state index in [4.69, 9.17) is 4.74 Å². The van der Waals surface area contributed by atoms with E-state index in [2.05, 4.69) is 20.6 Å². The van der Waals surface area contributed by atoms with E-state index >= 15 is 0 Å². The average Bonchev–Trinajstić information content (AvgIpc) is 2.82. The summed E-state index contributed by atoms with van der Waals surface area (Å²) < 4.78 is 5.70. The molecule has 1 aliphatic rings. The summed E-state index contributed by atoms with van der Waals surface area (Å²) in [6.07, 6.45) is 0.0360. The van der Waals surface area contributed by atoms with E-state index in [1.807, 2.05) is 30.9 Å². The molecule has 2 atom stereocenters. The first-order valence-corrected chi connectivity index (χ1v) is 11.5. The number of H-pyrrole nitrogens is 1. The van der Waals surface area contributed by atoms with Crippen molar-refractivity contribution in [2.24, 2.45) is 0 Å². The minimum Gasteiger partial charge on any atom is -0.372 e. The number of carbonyl (C=O) groups is 2. The van der Waals surface area contributed by atoms with Gasteiger partial charge in [0.25, 0.3) is 11.5 Å². The Kier molecular flexibility index (Phi) is 7.26. The molecule has 0 radical (unpaired) electrons. The van der Waals surface area contributed by atoms with Crippen LogP contribution in [0, 0.1) is 6.92 Å². The number of carbonyl (C=O) groups excluding carboxylic acids is 2. The zero-order valence-corrected chi connectivity index (χ0v) is 20.0. The van der Waals surface area contributed by atoms with Crippen LogP contribution in [0.25, 0.3) is 11.3 Å². The molecular formula is C26H29N5O4. The standard InChI is InChI=1S/C26H29N5O4/c1-16-14-31(15-17(2)35-16)25(33)21-6-4-19(5-7-21)13-27-26(34)30-22-10-8-20(9-11-22)23-12-24(32)29-18(3)28-23/h4-12,16-17H,13-15H2,1-3H3,(H2,27,30,34)(H,28,29,32). The van der Waals surface area contributed by atoms with Crippen LogP contribution < -0.4 is 16.2 Å². The van der Waals surface area contributed by atoms with Crippen molar-refractivity contribution in [2.75, 3.05) is 18.4 Å². The van der Waals surface area contributed by atoms with Crippen LogP contribution in [0.3, 0.4) is 0 Å². The van der Waals surface area contributed by atoms with Crippen LogP contribution in [0.5, 0.6) is 0 Å². The molecule has 4 rings (SSSR count). The van der Waals surface area contributed by atoms with Gasteiger partial charge in [0.15, 0.2) is 0 Å². The second-order valence-corrected chi connectivity index (χ2v) is 8.77. The second-order valence-electron chi connectivity index (χ2n) is 8.77. The van der Waals surface area contributed by atoms with E-state index in [1.54, 1.807) is 43.3 Å². The highest BCUT2D eigenvalue weighted by molar-refractivity contribution is 5.94. The SMILES string of the molecule is Cc1nc(-c2ccc(NC(=O)NCc3ccc(C(=O)N4CC(C)OC(C)C4)cc3)cc2)cc(=O)[nH]1. The lowest BCUT2D eigenvalue weighted by atomic mass is 10.1. The number of urea groups is 1. The second kappa shape index (κ2) is 10.5. The molecule has 9 heteroatoms. The molecular weight excluding hydrogens is 446 g/mol. The molecule has 9 nitrogen and oxygen atoms in total. The Morgan fingerprint density at radius 2 is 1.71 bits per heavy atom. The lowest BCUT2D eigenvalue weighted by molar-refractivity contribution is -0.0586. The summed E-state index contributed by atoms with van der Waals surface area (Å²) in [5.41, 5.74) is 3.25. The molecule has 2 heterocycles. The summed E-state index contributed by atoms with van der Waals surface area (Å²) in [6.45, 7) is 7.13. The van der Waals surface area contributed by atoms with Crippen LogP contribution in [-0.2, 0) is 11.3 Å². The van der Waals surface area contributed by atoms with E-state index in [9.17, 15) is 14.4 Å². The van der Waals surface area contributed by atoms with Gasteiger partial charge in [0.1, 0.15) is 5.82 Å². The summed E-state index contributed by atoms with van der Waals surface area (Å²) in [4.78, 5) is 45.5. The first-order chi connectivity index (χ1) is 16.8. The van der Waals surface area contributed by atoms with E-state index in [1.165, 1.54) is 6.07 Å². The number of rotatable bonds is 5. The summed E-state index contributed by atoms with van der Waals surface area (Å²) >= 11 is 0. The molecule has 2 unspecified atom stereocenters. The minimum absolute atomic E-state index is 0.0156. The summed E-state index contributed by atoms with van der Waals surface area (Å²) in [5, 5.41) is 5.60. The highest BCUT2D eigenvalue weighted by atomic mass is 16.5. The van der Waals surface area contributed by atoms with Crippen LogP contribution in [0.2, 0.25) is 0 Å². The lowest BCUT2D eigenvalue weighted by Gasteiger charge is -2.35. The zero-order chi connectivity index (χ0) is 24.9. The van der Waals surface area contributed by atoms with Gasteiger partial charge in [0.05, 0.1) is 17.9 Å². The highest BCUT2D eigenvalue weighted by Crippen LogP contribution is 2.19. The van der Waals surface area contributed by atoms with Crippen molar-refractivity contribution in [1.82, 2.24) is 20.2 Å². The number of hydrogen-bond acceptors (Lipinski definition) is 5. The van der Waals surface area contributed by atoms with Crippen molar-refractivity contribution in [1.29, 1.82) is 0 Å². The van der Waals surface area contributed by atoms with E-state index in [0.29, 0.717) is 42.4 Å². The number of aryl methyl sites for hydroxylation is 1. The van der Waals surface area contributed by atoms with Gasteiger partial charge in [-0.3, -0.25) is 9.59 Å². The van der Waals surface area contributed by atoms with Gasteiger partial charge in [-0.1, -0.05) is 24.3 Å². The molecule has 1 saturated heterocycles. The minimum atomic E-state index is -0.348. The van der Waals surface area contributed by atoms with E-state index in [-0.39, 0.29) is 29.7 Å². The van der Waals surface area contributed by atoms with E-state index in [0.717, 1.165) is 11.1 Å². The van der Waals surface area contributed by atoms with Gasteiger partial charge in [0.2, 0.25) is 0 Å². The molecule has 1 fully saturated rings. The molecule has 3 aromatic rings. The molecule has 35 heavy (non-hydrogen) atoms. The maximum absolute atomic E-state index is 12.8. The molecule has 1 aliphatic heterocycles. The van der Waals surface area contributed by atoms with Gasteiger partial charge < -0.3 is 25.3 Å². The third kappa shape index (κ3) is 6.33. The number of nitrogens with one attached hydrogen (secondary N) is 3. The average molecular weight is 476 g/mol. The van der Waals surface area contributed by atoms with Crippen molar-refractivity contribution in [2.45, 2.75) is 39.5 Å². The smallest absolute Gasteiger partial charge is 0.319 e. The molecule has 182 valence electrons. The molecule has 2 aromatic carbocycles. The van der Waals surface area contributed by atoms with Crippen LogP contribution in [-0.4, -0.2) is 52.1 Å². The van der Waals surface area contributed by atoms with Gasteiger partial charge in [-0.2, -0.15) is 0 Å². The van der Waals surface area contributed by atoms with Gasteiger partial charge in [-0.05, 0) is 50.6 Å². The maximum Gasteiger partial charge on any atom is 0.319 e. The van der Waals surface area contributed by atoms with Gasteiger partial charge in [-0.25, -0.2) is 9.78 Å². The van der Waals surface area contributed by atoms with Gasteiger partial charge in [0, 0.05) is 42.5 Å². The third-order valence-corrected chi connectivity index (χ3v) is 5.66. The maximum atomic E-state index is 12.8. The van der Waals surface area contributed by atoms with Gasteiger partial charge >= 0.3 is 6.03 Å². The zero-order valence-electron chi connectivity index (χ0n) is 20.0. The number of anilines is 1. The number of benzene rings is 2. The Hall–Kier alpha value is -3.98. The predicted molar refractivity (Wildman–Crippen MR) is 133 cm³/mol. The lowest BCUT2D eigenvalue weighted by Crippen LogP contribution is -2.48. The fourth-order valence-corrected chi connectivity index (χ4v) is 4.10. The number of amides is 3. The summed E-state index contributed by atoms with van der Waals surface area (Å²) in [6, 6.07) is 15.4. The predicted octanol–water partition coefficient (Wildman–Crippen LogP) is 3.32. The van der Waals surface area contributed by atoms with Crippen molar-refractivity contribution in [3.8, 4) is 11.3 Å². The number of aromatic amines is 1. The molecule has 0 spiro atoms. The first-order valence-electron chi connectivity index (χ1n) is 11.5. The fraction of sp³-hybridized carbons (Fsp3) is 0.308. The first kappa shape index (κ1) is 24.2. The topological polar surface area (TPSA) is 116 Å². The Bertz CT molecular complexity index is 1240. The monoisotopic (exact) mass is 475 g/mol. The Morgan fingerprint density at radius 1 is 1.06 bits per heavy atom. The molecule has 0 saturated carbocycles. The van der Waals surface area contributed by atoms with Gasteiger partial charge in [-0.15, -0.1) is 0 Å². The van der Waals surface area contributed by atoms with E-state index < -0.39 is 0 Å². The number of aromatic nitrogens is 2. The van der Waals surface area contributed by atoms with Crippen LogP contribution in [0.15, 0.2) is 59.4 Å². The molecule has 1 aromatic heterocycles. The number of hydrogen-bond donors (Lipinski definition) is 3. The summed E-state index contributed by atoms with van der Waals surface area (Å²) in [7, 11) is 0. The third-order valence-electron chi connectivity index (χ3n) is 5.66. The quantitative estimate of drug-likeness (QED) is 0.524. The van der Waals surface area contributed by atoms with Crippen molar-refractivity contribution >= 4 is 17.6 Å². The van der Waals surface area contributed by atoms with Crippen LogP contribution in [0.1, 0.15) is 35.6 Å². The molecule has 0 bridgehead atoms. The highest BCUT2D eigenvalue weighted by Gasteiger charge is 2.26. The van der Waals surface area contributed by atoms with Crippen molar-refractivity contribution < 1.29 is 14.3 Å². The Morgan fingerprint density at radius 3 is 2.34 bits per heavy atom. The number of morpholine rings is 1.